The Kier molecular flexibility index (Phi) is 7.47. The van der Waals surface area contributed by atoms with Gasteiger partial charge in [0.15, 0.2) is 0 Å². The van der Waals surface area contributed by atoms with Crippen molar-refractivity contribution < 1.29 is 14.3 Å². The van der Waals surface area contributed by atoms with Crippen molar-refractivity contribution in [3.63, 3.8) is 0 Å². The van der Waals surface area contributed by atoms with Gasteiger partial charge in [0.2, 0.25) is 0 Å². The van der Waals surface area contributed by atoms with Gasteiger partial charge in [-0.2, -0.15) is 0 Å². The SMILES string of the molecule is COc1ccc(NC(=O)C(Nc2ccc(NC(=O)c3cccs3)cc2)c2ccccc2)cc1Cl. The van der Waals surface area contributed by atoms with Crippen molar-refractivity contribution in [2.24, 2.45) is 0 Å². The van der Waals surface area contributed by atoms with E-state index in [0.717, 1.165) is 11.3 Å². The second-order valence-electron chi connectivity index (χ2n) is 7.34. The van der Waals surface area contributed by atoms with Gasteiger partial charge in [0.1, 0.15) is 11.8 Å². The molecule has 0 aliphatic rings. The van der Waals surface area contributed by atoms with Crippen LogP contribution in [0.1, 0.15) is 21.3 Å². The number of amides is 2. The molecule has 172 valence electrons. The lowest BCUT2D eigenvalue weighted by atomic mass is 10.1. The Morgan fingerprint density at radius 3 is 2.21 bits per heavy atom. The highest BCUT2D eigenvalue weighted by molar-refractivity contribution is 7.12. The van der Waals surface area contributed by atoms with E-state index in [1.165, 1.54) is 18.4 Å². The first-order valence-electron chi connectivity index (χ1n) is 10.4. The maximum absolute atomic E-state index is 13.2. The molecule has 0 saturated heterocycles. The number of carbonyl (C=O) groups excluding carboxylic acids is 2. The smallest absolute Gasteiger partial charge is 0.265 e. The Labute approximate surface area is 206 Å². The minimum Gasteiger partial charge on any atom is -0.495 e. The van der Waals surface area contributed by atoms with Crippen LogP contribution in [0.4, 0.5) is 17.1 Å². The molecule has 0 saturated carbocycles. The van der Waals surface area contributed by atoms with Crippen molar-refractivity contribution >= 4 is 51.8 Å². The molecule has 4 aromatic rings. The van der Waals surface area contributed by atoms with Crippen LogP contribution in [0.5, 0.6) is 5.75 Å². The number of ether oxygens (including phenoxy) is 1. The third-order valence-electron chi connectivity index (χ3n) is 5.01. The monoisotopic (exact) mass is 491 g/mol. The number of halogens is 1. The molecular formula is C26H22ClN3O3S. The molecule has 0 bridgehead atoms. The van der Waals surface area contributed by atoms with Crippen LogP contribution in [0.2, 0.25) is 5.02 Å². The molecule has 0 fully saturated rings. The molecule has 0 radical (unpaired) electrons. The normalized spacial score (nSPS) is 11.4. The largest absolute Gasteiger partial charge is 0.495 e. The van der Waals surface area contributed by atoms with Crippen LogP contribution in [-0.4, -0.2) is 18.9 Å². The summed E-state index contributed by atoms with van der Waals surface area (Å²) in [6.07, 6.45) is 0. The van der Waals surface area contributed by atoms with Gasteiger partial charge < -0.3 is 20.7 Å². The van der Waals surface area contributed by atoms with Crippen molar-refractivity contribution in [1.29, 1.82) is 0 Å². The summed E-state index contributed by atoms with van der Waals surface area (Å²) in [5.74, 6) is 0.126. The van der Waals surface area contributed by atoms with Crippen LogP contribution in [0, 0.1) is 0 Å². The Hall–Kier alpha value is -3.81. The van der Waals surface area contributed by atoms with E-state index in [2.05, 4.69) is 16.0 Å². The van der Waals surface area contributed by atoms with Crippen LogP contribution in [0.15, 0.2) is 90.3 Å². The first-order chi connectivity index (χ1) is 16.5. The zero-order valence-electron chi connectivity index (χ0n) is 18.2. The van der Waals surface area contributed by atoms with Crippen LogP contribution in [0.25, 0.3) is 0 Å². The molecule has 4 rings (SSSR count). The zero-order chi connectivity index (χ0) is 23.9. The Bertz CT molecular complexity index is 1260. The Balaban J connectivity index is 1.49. The molecule has 6 nitrogen and oxygen atoms in total. The van der Waals surface area contributed by atoms with E-state index in [4.69, 9.17) is 16.3 Å². The summed E-state index contributed by atoms with van der Waals surface area (Å²) >= 11 is 7.58. The fraction of sp³-hybridized carbons (Fsp3) is 0.0769. The molecule has 0 spiro atoms. The number of thiophene rings is 1. The van der Waals surface area contributed by atoms with Gasteiger partial charge in [0.05, 0.1) is 17.0 Å². The Morgan fingerprint density at radius 1 is 0.853 bits per heavy atom. The molecule has 1 heterocycles. The van der Waals surface area contributed by atoms with Crippen molar-refractivity contribution in [2.75, 3.05) is 23.1 Å². The molecule has 34 heavy (non-hydrogen) atoms. The van der Waals surface area contributed by atoms with Crippen LogP contribution in [-0.2, 0) is 4.79 Å². The summed E-state index contributed by atoms with van der Waals surface area (Å²) in [5, 5.41) is 11.3. The highest BCUT2D eigenvalue weighted by Crippen LogP contribution is 2.29. The van der Waals surface area contributed by atoms with Crippen molar-refractivity contribution in [1.82, 2.24) is 0 Å². The lowest BCUT2D eigenvalue weighted by molar-refractivity contribution is -0.117. The summed E-state index contributed by atoms with van der Waals surface area (Å²) in [6, 6.07) is 24.7. The van der Waals surface area contributed by atoms with Crippen molar-refractivity contribution in [2.45, 2.75) is 6.04 Å². The number of hydrogen-bond acceptors (Lipinski definition) is 5. The summed E-state index contributed by atoms with van der Waals surface area (Å²) in [7, 11) is 1.54. The topological polar surface area (TPSA) is 79.5 Å². The second-order valence-corrected chi connectivity index (χ2v) is 8.69. The lowest BCUT2D eigenvalue weighted by Gasteiger charge is -2.20. The number of nitrogens with one attached hydrogen (secondary N) is 3. The summed E-state index contributed by atoms with van der Waals surface area (Å²) in [4.78, 5) is 26.1. The van der Waals surface area contributed by atoms with Gasteiger partial charge in [-0.05, 0) is 59.5 Å². The third-order valence-corrected chi connectivity index (χ3v) is 6.18. The second kappa shape index (κ2) is 10.9. The number of rotatable bonds is 8. The average molecular weight is 492 g/mol. The number of methoxy groups -OCH3 is 1. The van der Waals surface area contributed by atoms with E-state index in [0.29, 0.717) is 27.0 Å². The molecule has 1 unspecified atom stereocenters. The fourth-order valence-electron chi connectivity index (χ4n) is 3.32. The minimum atomic E-state index is -0.659. The van der Waals surface area contributed by atoms with Gasteiger partial charge in [0.25, 0.3) is 11.8 Å². The van der Waals surface area contributed by atoms with Gasteiger partial charge in [-0.15, -0.1) is 11.3 Å². The average Bonchev–Trinajstić information content (AvgIpc) is 3.39. The zero-order valence-corrected chi connectivity index (χ0v) is 19.8. The van der Waals surface area contributed by atoms with Gasteiger partial charge in [0, 0.05) is 17.1 Å². The van der Waals surface area contributed by atoms with Gasteiger partial charge in [-0.25, -0.2) is 0 Å². The first-order valence-corrected chi connectivity index (χ1v) is 11.7. The number of anilines is 3. The minimum absolute atomic E-state index is 0.157. The standard InChI is InChI=1S/C26H22ClN3O3S/c1-33-22-14-13-20(16-21(22)27)30-26(32)24(17-6-3-2-4-7-17)28-18-9-11-19(12-10-18)29-25(31)23-8-5-15-34-23/h2-16,24,28H,1H3,(H,29,31)(H,30,32). The quantitative estimate of drug-likeness (QED) is 0.264. The summed E-state index contributed by atoms with van der Waals surface area (Å²) < 4.78 is 5.17. The third kappa shape index (κ3) is 5.75. The van der Waals surface area contributed by atoms with Crippen molar-refractivity contribution in [3.8, 4) is 5.75 Å². The molecule has 0 aliphatic carbocycles. The fourth-order valence-corrected chi connectivity index (χ4v) is 4.20. The molecule has 8 heteroatoms. The molecule has 2 amide bonds. The van der Waals surface area contributed by atoms with E-state index >= 15 is 0 Å². The Morgan fingerprint density at radius 2 is 1.56 bits per heavy atom. The predicted molar refractivity (Wildman–Crippen MR) is 138 cm³/mol. The number of benzene rings is 3. The van der Waals surface area contributed by atoms with E-state index in [1.807, 2.05) is 53.9 Å². The van der Waals surface area contributed by atoms with Crippen molar-refractivity contribution in [3.05, 3.63) is 106 Å². The van der Waals surface area contributed by atoms with E-state index in [-0.39, 0.29) is 11.8 Å². The molecular weight excluding hydrogens is 470 g/mol. The first kappa shape index (κ1) is 23.4. The van der Waals surface area contributed by atoms with E-state index < -0.39 is 6.04 Å². The maximum Gasteiger partial charge on any atom is 0.265 e. The van der Waals surface area contributed by atoms with Gasteiger partial charge in [-0.3, -0.25) is 9.59 Å². The lowest BCUT2D eigenvalue weighted by Crippen LogP contribution is -2.27. The van der Waals surface area contributed by atoms with Crippen LogP contribution >= 0.6 is 22.9 Å². The number of hydrogen-bond donors (Lipinski definition) is 3. The molecule has 3 N–H and O–H groups in total. The van der Waals surface area contributed by atoms with Gasteiger partial charge >= 0.3 is 0 Å². The van der Waals surface area contributed by atoms with Crippen LogP contribution in [0.3, 0.4) is 0 Å². The molecule has 1 atom stereocenters. The molecule has 0 aliphatic heterocycles. The highest BCUT2D eigenvalue weighted by atomic mass is 35.5. The van der Waals surface area contributed by atoms with E-state index in [9.17, 15) is 9.59 Å². The van der Waals surface area contributed by atoms with Gasteiger partial charge in [-0.1, -0.05) is 48.0 Å². The number of carbonyl (C=O) groups is 2. The highest BCUT2D eigenvalue weighted by Gasteiger charge is 2.21. The maximum atomic E-state index is 13.2. The predicted octanol–water partition coefficient (Wildman–Crippen LogP) is 6.45. The summed E-state index contributed by atoms with van der Waals surface area (Å²) in [5.41, 5.74) is 2.75. The molecule has 1 aromatic heterocycles. The van der Waals surface area contributed by atoms with Crippen LogP contribution < -0.4 is 20.7 Å². The summed E-state index contributed by atoms with van der Waals surface area (Å²) in [6.45, 7) is 0. The molecule has 3 aromatic carbocycles. The van der Waals surface area contributed by atoms with E-state index in [1.54, 1.807) is 36.4 Å².